The molecule has 6 nitrogen and oxygen atoms in total. The summed E-state index contributed by atoms with van der Waals surface area (Å²) in [5.41, 5.74) is 0.438. The van der Waals surface area contributed by atoms with E-state index in [0.29, 0.717) is 5.69 Å². The highest BCUT2D eigenvalue weighted by Gasteiger charge is 2.21. The van der Waals surface area contributed by atoms with Crippen LogP contribution in [0, 0.1) is 0 Å². The lowest BCUT2D eigenvalue weighted by Gasteiger charge is -2.11. The third-order valence-electron chi connectivity index (χ3n) is 3.93. The van der Waals surface area contributed by atoms with E-state index < -0.39 is 17.1 Å². The Morgan fingerprint density at radius 2 is 1.88 bits per heavy atom. The van der Waals surface area contributed by atoms with Crippen molar-refractivity contribution in [1.82, 2.24) is 15.0 Å². The summed E-state index contributed by atoms with van der Waals surface area (Å²) in [6, 6.07) is 14.7. The molecule has 0 spiro atoms. The van der Waals surface area contributed by atoms with Gasteiger partial charge in [-0.1, -0.05) is 43.3 Å². The summed E-state index contributed by atoms with van der Waals surface area (Å²) >= 11 is 0. The maximum Gasteiger partial charge on any atom is 0.294 e. The Morgan fingerprint density at radius 3 is 2.56 bits per heavy atom. The van der Waals surface area contributed by atoms with Gasteiger partial charge in [0.1, 0.15) is 5.69 Å². The topological polar surface area (TPSA) is 95.9 Å². The number of hydrogen-bond acceptors (Lipinski definition) is 5. The number of pyridine rings is 1. The minimum absolute atomic E-state index is 0.0625. The van der Waals surface area contributed by atoms with Gasteiger partial charge in [0.15, 0.2) is 17.3 Å². The lowest BCUT2D eigenvalue weighted by Crippen LogP contribution is -2.17. The number of nitrogens with one attached hydrogen (secondary N) is 1. The normalized spacial score (nSPS) is 11.9. The molecular formula is C19H17N3O3. The number of carbonyl (C=O) groups is 1. The zero-order valence-corrected chi connectivity index (χ0v) is 13.6. The maximum absolute atomic E-state index is 12.6. The van der Waals surface area contributed by atoms with Gasteiger partial charge in [-0.3, -0.25) is 14.6 Å². The van der Waals surface area contributed by atoms with E-state index in [1.807, 2.05) is 37.3 Å². The number of carbonyl (C=O) groups excluding carboxylic acids is 1. The van der Waals surface area contributed by atoms with Gasteiger partial charge in [-0.15, -0.1) is 0 Å². The van der Waals surface area contributed by atoms with Crippen LogP contribution in [0.15, 0.2) is 59.5 Å². The van der Waals surface area contributed by atoms with Crippen molar-refractivity contribution in [3.8, 4) is 17.3 Å². The van der Waals surface area contributed by atoms with Gasteiger partial charge in [0, 0.05) is 12.6 Å². The third kappa shape index (κ3) is 3.63. The van der Waals surface area contributed by atoms with Gasteiger partial charge < -0.3 is 10.1 Å². The molecule has 3 rings (SSSR count). The highest BCUT2D eigenvalue weighted by atomic mass is 16.3. The quantitative estimate of drug-likeness (QED) is 0.699. The Hall–Kier alpha value is -3.28. The molecular weight excluding hydrogens is 318 g/mol. The molecule has 2 N–H and O–H groups in total. The van der Waals surface area contributed by atoms with Gasteiger partial charge in [-0.05, 0) is 23.6 Å². The van der Waals surface area contributed by atoms with Crippen molar-refractivity contribution >= 4 is 5.78 Å². The first-order chi connectivity index (χ1) is 12.1. The second-order valence-electron chi connectivity index (χ2n) is 5.77. The van der Waals surface area contributed by atoms with Crippen molar-refractivity contribution in [2.24, 2.45) is 0 Å². The van der Waals surface area contributed by atoms with Crippen LogP contribution in [0.5, 0.6) is 5.75 Å². The van der Waals surface area contributed by atoms with Crippen LogP contribution in [0.2, 0.25) is 0 Å². The molecule has 1 aromatic carbocycles. The molecule has 0 fully saturated rings. The Labute approximate surface area is 144 Å². The van der Waals surface area contributed by atoms with Gasteiger partial charge in [-0.2, -0.15) is 0 Å². The van der Waals surface area contributed by atoms with Crippen LogP contribution in [-0.4, -0.2) is 25.8 Å². The summed E-state index contributed by atoms with van der Waals surface area (Å²) in [5.74, 6) is -0.964. The molecule has 126 valence electrons. The van der Waals surface area contributed by atoms with Crippen molar-refractivity contribution in [1.29, 1.82) is 0 Å². The molecule has 0 aliphatic rings. The molecule has 0 aliphatic heterocycles. The fraction of sp³-hybridized carbons (Fsp3) is 0.158. The number of hydrogen-bond donors (Lipinski definition) is 2. The largest absolute Gasteiger partial charge is 0.501 e. The van der Waals surface area contributed by atoms with E-state index in [2.05, 4.69) is 15.0 Å². The minimum Gasteiger partial charge on any atom is -0.501 e. The summed E-state index contributed by atoms with van der Waals surface area (Å²) in [6.07, 6.45) is 1.69. The highest BCUT2D eigenvalue weighted by Crippen LogP contribution is 2.23. The van der Waals surface area contributed by atoms with E-state index in [1.54, 1.807) is 24.4 Å². The van der Waals surface area contributed by atoms with Crippen LogP contribution >= 0.6 is 0 Å². The average Bonchev–Trinajstić information content (AvgIpc) is 2.65. The van der Waals surface area contributed by atoms with E-state index >= 15 is 0 Å². The molecule has 2 aromatic heterocycles. The number of ketones is 1. The predicted octanol–water partition coefficient (Wildman–Crippen LogP) is 2.91. The average molecular weight is 335 g/mol. The molecule has 3 aromatic rings. The fourth-order valence-electron chi connectivity index (χ4n) is 2.56. The van der Waals surface area contributed by atoms with Crippen molar-refractivity contribution in [3.05, 3.63) is 76.3 Å². The molecule has 0 amide bonds. The van der Waals surface area contributed by atoms with E-state index in [-0.39, 0.29) is 23.9 Å². The second kappa shape index (κ2) is 7.09. The molecule has 2 heterocycles. The number of benzene rings is 1. The van der Waals surface area contributed by atoms with Crippen LogP contribution in [-0.2, 0) is 0 Å². The first kappa shape index (κ1) is 16.6. The summed E-state index contributed by atoms with van der Waals surface area (Å²) in [6.45, 7) is 1.91. The Morgan fingerprint density at radius 1 is 1.16 bits per heavy atom. The van der Waals surface area contributed by atoms with E-state index in [1.165, 1.54) is 0 Å². The zero-order chi connectivity index (χ0) is 17.8. The number of aromatic nitrogens is 3. The highest BCUT2D eigenvalue weighted by molar-refractivity contribution is 5.97. The van der Waals surface area contributed by atoms with Crippen molar-refractivity contribution < 1.29 is 9.90 Å². The Balaban J connectivity index is 1.92. The molecule has 0 saturated carbocycles. The molecule has 0 saturated heterocycles. The van der Waals surface area contributed by atoms with Crippen LogP contribution in [0.1, 0.15) is 35.3 Å². The van der Waals surface area contributed by atoms with E-state index in [9.17, 15) is 14.7 Å². The Bertz CT molecular complexity index is 937. The van der Waals surface area contributed by atoms with E-state index in [0.717, 1.165) is 5.56 Å². The number of Topliss-reactive ketones (excluding diaryl/α,β-unsaturated/α-hetero) is 1. The van der Waals surface area contributed by atoms with Gasteiger partial charge in [0.25, 0.3) is 5.56 Å². The number of nitrogens with zero attached hydrogens (tertiary/aromatic N) is 2. The molecule has 1 unspecified atom stereocenters. The minimum atomic E-state index is -0.758. The predicted molar refractivity (Wildman–Crippen MR) is 93.6 cm³/mol. The summed E-state index contributed by atoms with van der Waals surface area (Å²) in [7, 11) is 0. The first-order valence-corrected chi connectivity index (χ1v) is 7.89. The molecule has 0 bridgehead atoms. The number of H-pyrrole nitrogens is 1. The molecule has 1 atom stereocenters. The SMILES string of the molecule is CC(CC(=O)c1nc(-c2ccccn2)[nH]c(=O)c1O)c1ccccc1. The van der Waals surface area contributed by atoms with Gasteiger partial charge in [0.05, 0.1) is 0 Å². The number of rotatable bonds is 5. The second-order valence-corrected chi connectivity index (χ2v) is 5.77. The molecule has 0 radical (unpaired) electrons. The van der Waals surface area contributed by atoms with E-state index in [4.69, 9.17) is 0 Å². The summed E-state index contributed by atoms with van der Waals surface area (Å²) < 4.78 is 0. The smallest absolute Gasteiger partial charge is 0.294 e. The van der Waals surface area contributed by atoms with Crippen LogP contribution in [0.3, 0.4) is 0 Å². The monoisotopic (exact) mass is 335 g/mol. The standard InChI is InChI=1S/C19H17N3O3/c1-12(13-7-3-2-4-8-13)11-15(23)16-17(24)19(25)22-18(21-16)14-9-5-6-10-20-14/h2-10,12,24H,11H2,1H3,(H,21,22,25). The third-order valence-corrected chi connectivity index (χ3v) is 3.93. The van der Waals surface area contributed by atoms with Crippen molar-refractivity contribution in [2.75, 3.05) is 0 Å². The molecule has 0 aliphatic carbocycles. The zero-order valence-electron chi connectivity index (χ0n) is 13.6. The van der Waals surface area contributed by atoms with Gasteiger partial charge in [0.2, 0.25) is 5.75 Å². The summed E-state index contributed by atoms with van der Waals surface area (Å²) in [4.78, 5) is 35.2. The van der Waals surface area contributed by atoms with Crippen LogP contribution < -0.4 is 5.56 Å². The van der Waals surface area contributed by atoms with Crippen LogP contribution in [0.25, 0.3) is 11.5 Å². The van der Waals surface area contributed by atoms with Gasteiger partial charge >= 0.3 is 0 Å². The van der Waals surface area contributed by atoms with Crippen molar-refractivity contribution in [3.63, 3.8) is 0 Å². The number of aromatic amines is 1. The molecule has 6 heteroatoms. The summed E-state index contributed by atoms with van der Waals surface area (Å²) in [5, 5.41) is 9.98. The van der Waals surface area contributed by atoms with Gasteiger partial charge in [-0.25, -0.2) is 4.98 Å². The first-order valence-electron chi connectivity index (χ1n) is 7.89. The Kier molecular flexibility index (Phi) is 4.70. The number of aromatic hydroxyl groups is 1. The molecule has 25 heavy (non-hydrogen) atoms. The van der Waals surface area contributed by atoms with Crippen molar-refractivity contribution in [2.45, 2.75) is 19.3 Å². The fourth-order valence-corrected chi connectivity index (χ4v) is 2.56. The van der Waals surface area contributed by atoms with Crippen LogP contribution in [0.4, 0.5) is 0 Å². The lowest BCUT2D eigenvalue weighted by atomic mass is 9.94. The maximum atomic E-state index is 12.6. The lowest BCUT2D eigenvalue weighted by molar-refractivity contribution is 0.0967.